The third kappa shape index (κ3) is 4.14. The van der Waals surface area contributed by atoms with Gasteiger partial charge < -0.3 is 11.1 Å². The van der Waals surface area contributed by atoms with Crippen LogP contribution in [0.5, 0.6) is 0 Å². The van der Waals surface area contributed by atoms with E-state index in [1.807, 2.05) is 0 Å². The van der Waals surface area contributed by atoms with Gasteiger partial charge in [0.15, 0.2) is 0 Å². The average Bonchev–Trinajstić information content (AvgIpc) is 2.89. The molecule has 0 bridgehead atoms. The van der Waals surface area contributed by atoms with Crippen LogP contribution in [0.25, 0.3) is 0 Å². The van der Waals surface area contributed by atoms with Gasteiger partial charge in [-0.05, 0) is 24.8 Å². The quantitative estimate of drug-likeness (QED) is 0.888. The first-order valence-corrected chi connectivity index (χ1v) is 6.32. The van der Waals surface area contributed by atoms with E-state index >= 15 is 0 Å². The van der Waals surface area contributed by atoms with Gasteiger partial charge in [0.25, 0.3) is 5.91 Å². The summed E-state index contributed by atoms with van der Waals surface area (Å²) in [5.41, 5.74) is 5.95. The van der Waals surface area contributed by atoms with Crippen LogP contribution in [-0.4, -0.2) is 23.5 Å². The van der Waals surface area contributed by atoms with Crippen LogP contribution < -0.4 is 11.1 Å². The highest BCUT2D eigenvalue weighted by atomic mass is 35.5. The van der Waals surface area contributed by atoms with Gasteiger partial charge in [-0.1, -0.05) is 12.8 Å². The number of hydrogen-bond donors (Lipinski definition) is 2. The Bertz CT molecular complexity index is 424. The lowest BCUT2D eigenvalue weighted by Gasteiger charge is -2.23. The number of nitrogens with two attached hydrogens (primary N) is 1. The first-order chi connectivity index (χ1) is 8.70. The number of amides is 1. The van der Waals surface area contributed by atoms with Crippen LogP contribution in [0.15, 0.2) is 18.5 Å². The number of nitrogens with one attached hydrogen (secondary N) is 1. The summed E-state index contributed by atoms with van der Waals surface area (Å²) >= 11 is 0. The van der Waals surface area contributed by atoms with Crippen molar-refractivity contribution in [3.05, 3.63) is 29.8 Å². The average molecular weight is 288 g/mol. The molecule has 1 fully saturated rings. The fourth-order valence-electron chi connectivity index (χ4n) is 2.52. The molecule has 0 saturated heterocycles. The molecule has 1 aliphatic rings. The first-order valence-electron chi connectivity index (χ1n) is 6.32. The molecule has 0 radical (unpaired) electrons. The molecule has 0 aromatic carbocycles. The standard InChI is InChI=1S/C13H18FN3O.ClH/c14-11-5-10(7-16-8-11)13(18)17-12(6-15)9-3-1-2-4-9;/h5,7-9,12H,1-4,6,15H2,(H,17,18);1H. The maximum Gasteiger partial charge on any atom is 0.253 e. The van der Waals surface area contributed by atoms with Gasteiger partial charge in [0.05, 0.1) is 11.8 Å². The van der Waals surface area contributed by atoms with Crippen molar-refractivity contribution in [2.75, 3.05) is 6.54 Å². The van der Waals surface area contributed by atoms with E-state index in [4.69, 9.17) is 5.73 Å². The van der Waals surface area contributed by atoms with Crippen LogP contribution >= 0.6 is 12.4 Å². The molecule has 19 heavy (non-hydrogen) atoms. The lowest BCUT2D eigenvalue weighted by atomic mass is 9.98. The second kappa shape index (κ2) is 7.40. The second-order valence-electron chi connectivity index (χ2n) is 4.75. The van der Waals surface area contributed by atoms with Gasteiger partial charge in [-0.3, -0.25) is 9.78 Å². The monoisotopic (exact) mass is 287 g/mol. The molecule has 1 aliphatic carbocycles. The van der Waals surface area contributed by atoms with E-state index < -0.39 is 5.82 Å². The van der Waals surface area contributed by atoms with Gasteiger partial charge in [0.1, 0.15) is 5.82 Å². The highest BCUT2D eigenvalue weighted by molar-refractivity contribution is 5.94. The zero-order valence-electron chi connectivity index (χ0n) is 10.6. The smallest absolute Gasteiger partial charge is 0.253 e. The predicted octanol–water partition coefficient (Wildman–Crippen LogP) is 1.89. The minimum atomic E-state index is -0.507. The summed E-state index contributed by atoms with van der Waals surface area (Å²) < 4.78 is 13.0. The fourth-order valence-corrected chi connectivity index (χ4v) is 2.52. The SMILES string of the molecule is Cl.NCC(NC(=O)c1cncc(F)c1)C1CCCC1. The summed E-state index contributed by atoms with van der Waals surface area (Å²) in [5, 5.41) is 2.88. The number of carbonyl (C=O) groups excluding carboxylic acids is 1. The minimum Gasteiger partial charge on any atom is -0.348 e. The Hall–Kier alpha value is -1.20. The molecular formula is C13H19ClFN3O. The Kier molecular flexibility index (Phi) is 6.18. The maximum absolute atomic E-state index is 13.0. The molecule has 1 amide bonds. The first kappa shape index (κ1) is 15.9. The Morgan fingerprint density at radius 1 is 1.47 bits per heavy atom. The van der Waals surface area contributed by atoms with E-state index in [0.717, 1.165) is 19.0 Å². The van der Waals surface area contributed by atoms with Gasteiger partial charge >= 0.3 is 0 Å². The normalized spacial score (nSPS) is 16.7. The summed E-state index contributed by atoms with van der Waals surface area (Å²) in [6.07, 6.45) is 7.03. The van der Waals surface area contributed by atoms with Gasteiger partial charge in [0.2, 0.25) is 0 Å². The molecule has 1 atom stereocenters. The van der Waals surface area contributed by atoms with Crippen molar-refractivity contribution in [1.29, 1.82) is 0 Å². The summed E-state index contributed by atoms with van der Waals surface area (Å²) in [7, 11) is 0. The second-order valence-corrected chi connectivity index (χ2v) is 4.75. The number of carbonyl (C=O) groups is 1. The van der Waals surface area contributed by atoms with Crippen molar-refractivity contribution in [2.24, 2.45) is 11.7 Å². The molecule has 1 heterocycles. The zero-order chi connectivity index (χ0) is 13.0. The van der Waals surface area contributed by atoms with E-state index in [-0.39, 0.29) is 29.9 Å². The molecule has 1 saturated carbocycles. The number of nitrogens with zero attached hydrogens (tertiary/aromatic N) is 1. The lowest BCUT2D eigenvalue weighted by Crippen LogP contribution is -2.44. The van der Waals surface area contributed by atoms with Crippen LogP contribution in [0, 0.1) is 11.7 Å². The Balaban J connectivity index is 0.00000180. The molecule has 1 aromatic heterocycles. The van der Waals surface area contributed by atoms with Crippen LogP contribution in [-0.2, 0) is 0 Å². The minimum absolute atomic E-state index is 0. The van der Waals surface area contributed by atoms with E-state index in [2.05, 4.69) is 10.3 Å². The third-order valence-corrected chi connectivity index (χ3v) is 3.51. The number of rotatable bonds is 4. The molecule has 106 valence electrons. The van der Waals surface area contributed by atoms with Crippen molar-refractivity contribution in [3.63, 3.8) is 0 Å². The van der Waals surface area contributed by atoms with Crippen molar-refractivity contribution in [3.8, 4) is 0 Å². The molecule has 1 aromatic rings. The molecular weight excluding hydrogens is 269 g/mol. The summed E-state index contributed by atoms with van der Waals surface area (Å²) in [6, 6.07) is 1.16. The predicted molar refractivity (Wildman–Crippen MR) is 73.7 cm³/mol. The number of hydrogen-bond acceptors (Lipinski definition) is 3. The molecule has 0 aliphatic heterocycles. The largest absolute Gasteiger partial charge is 0.348 e. The Morgan fingerprint density at radius 2 is 2.16 bits per heavy atom. The number of pyridine rings is 1. The zero-order valence-corrected chi connectivity index (χ0v) is 11.5. The molecule has 3 N–H and O–H groups in total. The van der Waals surface area contributed by atoms with Gasteiger partial charge in [-0.25, -0.2) is 4.39 Å². The van der Waals surface area contributed by atoms with Gasteiger partial charge in [0, 0.05) is 18.8 Å². The summed E-state index contributed by atoms with van der Waals surface area (Å²) in [5.74, 6) is -0.363. The lowest BCUT2D eigenvalue weighted by molar-refractivity contribution is 0.0923. The van der Waals surface area contributed by atoms with Crippen molar-refractivity contribution in [2.45, 2.75) is 31.7 Å². The van der Waals surface area contributed by atoms with Crippen LogP contribution in [0.1, 0.15) is 36.0 Å². The molecule has 2 rings (SSSR count). The summed E-state index contributed by atoms with van der Waals surface area (Å²) in [6.45, 7) is 0.416. The topological polar surface area (TPSA) is 68.0 Å². The van der Waals surface area contributed by atoms with Gasteiger partial charge in [-0.2, -0.15) is 0 Å². The van der Waals surface area contributed by atoms with Crippen molar-refractivity contribution >= 4 is 18.3 Å². The Morgan fingerprint density at radius 3 is 2.74 bits per heavy atom. The third-order valence-electron chi connectivity index (χ3n) is 3.51. The van der Waals surface area contributed by atoms with Crippen LogP contribution in [0.2, 0.25) is 0 Å². The van der Waals surface area contributed by atoms with E-state index in [1.165, 1.54) is 25.1 Å². The van der Waals surface area contributed by atoms with E-state index in [1.54, 1.807) is 0 Å². The molecule has 0 spiro atoms. The number of aromatic nitrogens is 1. The Labute approximate surface area is 118 Å². The molecule has 1 unspecified atom stereocenters. The molecule has 6 heteroatoms. The van der Waals surface area contributed by atoms with E-state index in [9.17, 15) is 9.18 Å². The molecule has 4 nitrogen and oxygen atoms in total. The highest BCUT2D eigenvalue weighted by Crippen LogP contribution is 2.27. The number of halogens is 2. The van der Waals surface area contributed by atoms with E-state index in [0.29, 0.717) is 12.5 Å². The maximum atomic E-state index is 13.0. The highest BCUT2D eigenvalue weighted by Gasteiger charge is 2.25. The van der Waals surface area contributed by atoms with Crippen LogP contribution in [0.3, 0.4) is 0 Å². The fraction of sp³-hybridized carbons (Fsp3) is 0.538. The van der Waals surface area contributed by atoms with Gasteiger partial charge in [-0.15, -0.1) is 12.4 Å². The van der Waals surface area contributed by atoms with Crippen molar-refractivity contribution < 1.29 is 9.18 Å². The van der Waals surface area contributed by atoms with Crippen LogP contribution in [0.4, 0.5) is 4.39 Å². The summed E-state index contributed by atoms with van der Waals surface area (Å²) in [4.78, 5) is 15.6. The van der Waals surface area contributed by atoms with Crippen molar-refractivity contribution in [1.82, 2.24) is 10.3 Å².